The van der Waals surface area contributed by atoms with Crippen molar-refractivity contribution in [1.82, 2.24) is 0 Å². The molecule has 3 aliphatic carbocycles. The molecule has 300 valence electrons. The first-order chi connectivity index (χ1) is 28.8. The van der Waals surface area contributed by atoms with Crippen LogP contribution in [-0.2, 0) is 21.7 Å². The van der Waals surface area contributed by atoms with Gasteiger partial charge in [0.2, 0.25) is 0 Å². The molecular weight excluding hydrogens is 723 g/mol. The van der Waals surface area contributed by atoms with Gasteiger partial charge in [-0.05, 0) is 115 Å². The summed E-state index contributed by atoms with van der Waals surface area (Å²) in [6.45, 7) is 18.9. The highest BCUT2D eigenvalue weighted by Crippen LogP contribution is 2.58. The van der Waals surface area contributed by atoms with Crippen LogP contribution in [0.5, 0.6) is 0 Å². The molecule has 60 heavy (non-hydrogen) atoms. The number of nitrogens with zero attached hydrogens (tertiary/aromatic N) is 1. The highest BCUT2D eigenvalue weighted by Gasteiger charge is 2.44. The van der Waals surface area contributed by atoms with E-state index in [4.69, 9.17) is 0 Å². The molecule has 0 bridgehead atoms. The van der Waals surface area contributed by atoms with Crippen molar-refractivity contribution in [2.75, 3.05) is 4.90 Å². The zero-order valence-electron chi connectivity index (χ0n) is 36.9. The Morgan fingerprint density at radius 2 is 0.900 bits per heavy atom. The van der Waals surface area contributed by atoms with Crippen LogP contribution < -0.4 is 4.90 Å². The first kappa shape index (κ1) is 38.5. The van der Waals surface area contributed by atoms with Gasteiger partial charge in [0.1, 0.15) is 0 Å². The van der Waals surface area contributed by atoms with Crippen molar-refractivity contribution in [3.8, 4) is 44.5 Å². The van der Waals surface area contributed by atoms with Crippen LogP contribution in [0, 0.1) is 0 Å². The summed E-state index contributed by atoms with van der Waals surface area (Å²) < 4.78 is 0. The summed E-state index contributed by atoms with van der Waals surface area (Å²) in [7, 11) is 0. The largest absolute Gasteiger partial charge is 0.309 e. The molecule has 7 aromatic carbocycles. The fraction of sp³-hybridized carbons (Fsp3) is 0.288. The van der Waals surface area contributed by atoms with Crippen molar-refractivity contribution in [3.05, 3.63) is 185 Å². The summed E-state index contributed by atoms with van der Waals surface area (Å²) in [5.74, 6) is 0. The summed E-state index contributed by atoms with van der Waals surface area (Å²) in [6, 6.07) is 58.5. The minimum absolute atomic E-state index is 0.00138. The van der Waals surface area contributed by atoms with Crippen molar-refractivity contribution >= 4 is 17.1 Å². The molecule has 0 aliphatic heterocycles. The fourth-order valence-corrected chi connectivity index (χ4v) is 11.2. The summed E-state index contributed by atoms with van der Waals surface area (Å²) in [6.07, 6.45) is 6.26. The van der Waals surface area contributed by atoms with E-state index in [1.807, 2.05) is 0 Å². The van der Waals surface area contributed by atoms with Crippen LogP contribution in [-0.4, -0.2) is 0 Å². The third-order valence-corrected chi connectivity index (χ3v) is 14.4. The van der Waals surface area contributed by atoms with E-state index in [2.05, 4.69) is 212 Å². The minimum atomic E-state index is -0.151. The van der Waals surface area contributed by atoms with Gasteiger partial charge in [0, 0.05) is 27.6 Å². The molecule has 1 saturated carbocycles. The maximum Gasteiger partial charge on any atom is 0.0540 e. The quantitative estimate of drug-likeness (QED) is 0.168. The Morgan fingerprint density at radius 3 is 1.53 bits per heavy atom. The standard InChI is InChI=1S/C59H59N/c1-56(2,3)40-35-39(36-41(37-40)57(4,5)6)43-21-12-16-29-53(43)60(42-31-32-46-44-22-11-15-28-51(44)59(52(46)38-42)33-18-9-19-34-59)54-30-17-13-24-47(54)49-26-20-25-48-45-23-10-14-27-50(45)58(7,8)55(48)49/h10-17,20-32,35-38H,9,18-19,33-34H2,1-8H3. The van der Waals surface area contributed by atoms with Gasteiger partial charge >= 0.3 is 0 Å². The molecule has 0 amide bonds. The SMILES string of the molecule is CC(C)(C)c1cc(-c2ccccc2N(c2ccc3c(c2)C2(CCCCC2)c2ccccc2-3)c2ccccc2-c2cccc3c2C(C)(C)c2ccccc2-3)cc(C(C)(C)C)c1. The fourth-order valence-electron chi connectivity index (χ4n) is 11.2. The molecule has 0 N–H and O–H groups in total. The highest BCUT2D eigenvalue weighted by atomic mass is 15.1. The average Bonchev–Trinajstić information content (AvgIpc) is 3.65. The van der Waals surface area contributed by atoms with E-state index in [1.165, 1.54) is 127 Å². The number of hydrogen-bond acceptors (Lipinski definition) is 1. The van der Waals surface area contributed by atoms with E-state index in [9.17, 15) is 0 Å². The predicted molar refractivity (Wildman–Crippen MR) is 256 cm³/mol. The molecule has 1 fully saturated rings. The molecule has 7 aromatic rings. The van der Waals surface area contributed by atoms with Gasteiger partial charge in [-0.3, -0.25) is 0 Å². The molecule has 0 saturated heterocycles. The van der Waals surface area contributed by atoms with E-state index in [1.54, 1.807) is 0 Å². The van der Waals surface area contributed by atoms with Gasteiger partial charge in [-0.2, -0.15) is 0 Å². The number of para-hydroxylation sites is 2. The molecule has 1 heteroatoms. The molecule has 10 rings (SSSR count). The number of anilines is 3. The van der Waals surface area contributed by atoms with Crippen LogP contribution in [0.15, 0.2) is 152 Å². The lowest BCUT2D eigenvalue weighted by atomic mass is 9.68. The van der Waals surface area contributed by atoms with Gasteiger partial charge in [-0.15, -0.1) is 0 Å². The average molecular weight is 782 g/mol. The summed E-state index contributed by atoms with van der Waals surface area (Å²) in [5.41, 5.74) is 22.6. The lowest BCUT2D eigenvalue weighted by molar-refractivity contribution is 0.353. The molecule has 0 atom stereocenters. The van der Waals surface area contributed by atoms with E-state index >= 15 is 0 Å². The molecule has 1 nitrogen and oxygen atoms in total. The normalized spacial score (nSPS) is 15.9. The van der Waals surface area contributed by atoms with Gasteiger partial charge in [-0.25, -0.2) is 0 Å². The second kappa shape index (κ2) is 14.0. The highest BCUT2D eigenvalue weighted by molar-refractivity contribution is 5.98. The van der Waals surface area contributed by atoms with Crippen LogP contribution in [0.4, 0.5) is 17.1 Å². The van der Waals surface area contributed by atoms with Crippen molar-refractivity contribution in [1.29, 1.82) is 0 Å². The third kappa shape index (κ3) is 6.02. The molecule has 0 radical (unpaired) electrons. The Kier molecular flexibility index (Phi) is 8.96. The van der Waals surface area contributed by atoms with E-state index in [0.717, 1.165) is 0 Å². The van der Waals surface area contributed by atoms with E-state index < -0.39 is 0 Å². The maximum absolute atomic E-state index is 2.61. The first-order valence-corrected chi connectivity index (χ1v) is 22.4. The molecule has 0 unspecified atom stereocenters. The van der Waals surface area contributed by atoms with Crippen LogP contribution >= 0.6 is 0 Å². The van der Waals surface area contributed by atoms with Crippen LogP contribution in [0.2, 0.25) is 0 Å². The lowest BCUT2D eigenvalue weighted by Crippen LogP contribution is -2.28. The number of fused-ring (bicyclic) bond motifs is 8. The van der Waals surface area contributed by atoms with Gasteiger partial charge in [0.15, 0.2) is 0 Å². The Hall–Kier alpha value is -5.66. The number of hydrogen-bond donors (Lipinski definition) is 0. The molecule has 3 aliphatic rings. The number of rotatable bonds is 5. The predicted octanol–water partition coefficient (Wildman–Crippen LogP) is 16.6. The summed E-state index contributed by atoms with van der Waals surface area (Å²) in [4.78, 5) is 2.61. The minimum Gasteiger partial charge on any atom is -0.309 e. The monoisotopic (exact) mass is 781 g/mol. The van der Waals surface area contributed by atoms with Crippen molar-refractivity contribution in [3.63, 3.8) is 0 Å². The van der Waals surface area contributed by atoms with Gasteiger partial charge in [-0.1, -0.05) is 202 Å². The smallest absolute Gasteiger partial charge is 0.0540 e. The first-order valence-electron chi connectivity index (χ1n) is 22.4. The summed E-state index contributed by atoms with van der Waals surface area (Å²) in [5, 5.41) is 0. The van der Waals surface area contributed by atoms with Crippen molar-refractivity contribution in [2.45, 2.75) is 109 Å². The van der Waals surface area contributed by atoms with Crippen molar-refractivity contribution in [2.24, 2.45) is 0 Å². The lowest BCUT2D eigenvalue weighted by Gasteiger charge is -2.37. The topological polar surface area (TPSA) is 3.24 Å². The second-order valence-corrected chi connectivity index (χ2v) is 20.5. The maximum atomic E-state index is 2.61. The summed E-state index contributed by atoms with van der Waals surface area (Å²) >= 11 is 0. The van der Waals surface area contributed by atoms with Gasteiger partial charge in [0.05, 0.1) is 11.4 Å². The Morgan fingerprint density at radius 1 is 0.417 bits per heavy atom. The van der Waals surface area contributed by atoms with Crippen LogP contribution in [0.3, 0.4) is 0 Å². The zero-order valence-corrected chi connectivity index (χ0v) is 36.9. The van der Waals surface area contributed by atoms with E-state index in [-0.39, 0.29) is 21.7 Å². The van der Waals surface area contributed by atoms with Crippen LogP contribution in [0.25, 0.3) is 44.5 Å². The molecule has 1 spiro atoms. The van der Waals surface area contributed by atoms with Gasteiger partial charge in [0.25, 0.3) is 0 Å². The molecular formula is C59H59N. The van der Waals surface area contributed by atoms with E-state index in [0.29, 0.717) is 0 Å². The second-order valence-electron chi connectivity index (χ2n) is 20.5. The molecule has 0 aromatic heterocycles. The number of benzene rings is 7. The Balaban J connectivity index is 1.25. The molecule has 0 heterocycles. The zero-order chi connectivity index (χ0) is 41.6. The van der Waals surface area contributed by atoms with Crippen LogP contribution in [0.1, 0.15) is 121 Å². The Labute approximate surface area is 359 Å². The Bertz CT molecular complexity index is 2760. The van der Waals surface area contributed by atoms with Gasteiger partial charge < -0.3 is 4.90 Å². The van der Waals surface area contributed by atoms with Crippen molar-refractivity contribution < 1.29 is 0 Å². The third-order valence-electron chi connectivity index (χ3n) is 14.4.